The van der Waals surface area contributed by atoms with E-state index in [9.17, 15) is 14.7 Å². The number of unbranched alkanes of at least 4 members (excludes halogenated alkanes) is 13. The van der Waals surface area contributed by atoms with Gasteiger partial charge in [0.1, 0.15) is 0 Å². The topological polar surface area (TPSA) is 72.8 Å². The maximum atomic E-state index is 12.4. The van der Waals surface area contributed by atoms with Crippen LogP contribution < -0.4 is 0 Å². The fraction of sp³-hybridized carbons (Fsp3) is 0.778. The molecule has 0 aromatic heterocycles. The van der Waals surface area contributed by atoms with E-state index in [4.69, 9.17) is 9.47 Å². The highest BCUT2D eigenvalue weighted by molar-refractivity contribution is 5.82. The molecule has 1 unspecified atom stereocenters. The molecule has 1 atom stereocenters. The van der Waals surface area contributed by atoms with E-state index in [-0.39, 0.29) is 31.8 Å². The van der Waals surface area contributed by atoms with E-state index in [2.05, 4.69) is 45.1 Å². The Morgan fingerprint density at radius 3 is 1.78 bits per heavy atom. The zero-order chi connectivity index (χ0) is 30.2. The Kier molecular flexibility index (Phi) is 29.6. The van der Waals surface area contributed by atoms with Gasteiger partial charge in [-0.05, 0) is 64.2 Å². The molecule has 0 heterocycles. The molecule has 0 aliphatic carbocycles. The van der Waals surface area contributed by atoms with E-state index < -0.39 is 5.92 Å². The van der Waals surface area contributed by atoms with Gasteiger partial charge in [-0.1, -0.05) is 115 Å². The van der Waals surface area contributed by atoms with Crippen LogP contribution in [0.1, 0.15) is 156 Å². The molecule has 0 rings (SSSR count). The predicted molar refractivity (Wildman–Crippen MR) is 173 cm³/mol. The van der Waals surface area contributed by atoms with E-state index in [0.29, 0.717) is 6.42 Å². The molecule has 0 bridgehead atoms. The molecule has 0 aliphatic heterocycles. The van der Waals surface area contributed by atoms with Gasteiger partial charge in [-0.25, -0.2) is 4.79 Å². The molecular formula is C36H64O5. The number of esters is 2. The predicted octanol–water partition coefficient (Wildman–Crippen LogP) is 9.97. The van der Waals surface area contributed by atoms with Crippen LogP contribution in [-0.4, -0.2) is 36.9 Å². The zero-order valence-electron chi connectivity index (χ0n) is 27.0. The molecule has 0 aromatic carbocycles. The summed E-state index contributed by atoms with van der Waals surface area (Å²) in [7, 11) is 0. The minimum atomic E-state index is -0.394. The number of allylic oxidation sites excluding steroid dienone is 5. The first-order valence-electron chi connectivity index (χ1n) is 17.0. The number of hydrogen-bond donors (Lipinski definition) is 1. The minimum absolute atomic E-state index is 0.0559. The van der Waals surface area contributed by atoms with E-state index in [1.807, 2.05) is 0 Å². The standard InChI is InChI=1S/C36H64O5/c1-4-7-10-12-13-14-15-16-17-18-19-20-21-23-25-28-35(38)40-31-34(30-37)32-41-36(39)29-33(26-9-6-3)27-24-22-11-8-5-2/h13-14,16-17,29,34,37H,4-12,15,18-28,30-32H2,1-3H3/b14-13-,17-16-,33-29+. The summed E-state index contributed by atoms with van der Waals surface area (Å²) in [5.74, 6) is -1.00. The van der Waals surface area contributed by atoms with Crippen LogP contribution in [0.15, 0.2) is 36.0 Å². The second-order valence-electron chi connectivity index (χ2n) is 11.4. The lowest BCUT2D eigenvalue weighted by molar-refractivity contribution is -0.147. The van der Waals surface area contributed by atoms with Crippen molar-refractivity contribution >= 4 is 11.9 Å². The maximum Gasteiger partial charge on any atom is 0.330 e. The second kappa shape index (κ2) is 31.1. The zero-order valence-corrected chi connectivity index (χ0v) is 27.0. The number of hydrogen-bond acceptors (Lipinski definition) is 5. The van der Waals surface area contributed by atoms with Gasteiger partial charge < -0.3 is 14.6 Å². The third-order valence-corrected chi connectivity index (χ3v) is 7.31. The van der Waals surface area contributed by atoms with Crippen molar-refractivity contribution in [1.29, 1.82) is 0 Å². The fourth-order valence-electron chi connectivity index (χ4n) is 4.55. The molecule has 0 amide bonds. The summed E-state index contributed by atoms with van der Waals surface area (Å²) < 4.78 is 10.7. The molecule has 41 heavy (non-hydrogen) atoms. The normalized spacial score (nSPS) is 12.8. The van der Waals surface area contributed by atoms with Gasteiger partial charge in [-0.3, -0.25) is 4.79 Å². The molecule has 1 N–H and O–H groups in total. The van der Waals surface area contributed by atoms with Gasteiger partial charge in [0.25, 0.3) is 0 Å². The average molecular weight is 577 g/mol. The lowest BCUT2D eigenvalue weighted by atomic mass is 10.0. The molecule has 5 nitrogen and oxygen atoms in total. The van der Waals surface area contributed by atoms with Crippen molar-refractivity contribution in [1.82, 2.24) is 0 Å². The molecule has 0 fully saturated rings. The molecule has 0 spiro atoms. The highest BCUT2D eigenvalue weighted by Gasteiger charge is 2.14. The highest BCUT2D eigenvalue weighted by atomic mass is 16.5. The van der Waals surface area contributed by atoms with Crippen molar-refractivity contribution in [3.05, 3.63) is 36.0 Å². The quantitative estimate of drug-likeness (QED) is 0.0415. The average Bonchev–Trinajstić information content (AvgIpc) is 2.97. The van der Waals surface area contributed by atoms with Crippen molar-refractivity contribution in [2.75, 3.05) is 19.8 Å². The maximum absolute atomic E-state index is 12.4. The molecule has 0 aliphatic rings. The first kappa shape index (κ1) is 39.1. The Morgan fingerprint density at radius 1 is 0.610 bits per heavy atom. The number of aliphatic hydroxyl groups is 1. The largest absolute Gasteiger partial charge is 0.465 e. The fourth-order valence-corrected chi connectivity index (χ4v) is 4.55. The van der Waals surface area contributed by atoms with Gasteiger partial charge in [0.05, 0.1) is 25.7 Å². The Morgan fingerprint density at radius 2 is 1.12 bits per heavy atom. The lowest BCUT2D eigenvalue weighted by Gasteiger charge is -2.14. The van der Waals surface area contributed by atoms with E-state index >= 15 is 0 Å². The number of carbonyl (C=O) groups is 2. The van der Waals surface area contributed by atoms with Crippen molar-refractivity contribution in [2.24, 2.45) is 5.92 Å². The van der Waals surface area contributed by atoms with Crippen molar-refractivity contribution < 1.29 is 24.2 Å². The summed E-state index contributed by atoms with van der Waals surface area (Å²) in [5, 5.41) is 9.65. The van der Waals surface area contributed by atoms with Gasteiger partial charge in [0.2, 0.25) is 0 Å². The van der Waals surface area contributed by atoms with Crippen molar-refractivity contribution in [3.63, 3.8) is 0 Å². The van der Waals surface area contributed by atoms with Gasteiger partial charge in [0, 0.05) is 12.5 Å². The van der Waals surface area contributed by atoms with Crippen LogP contribution in [-0.2, 0) is 19.1 Å². The molecule has 0 radical (unpaired) electrons. The van der Waals surface area contributed by atoms with Crippen LogP contribution in [0.3, 0.4) is 0 Å². The minimum Gasteiger partial charge on any atom is -0.465 e. The van der Waals surface area contributed by atoms with Crippen LogP contribution in [0, 0.1) is 5.92 Å². The van der Waals surface area contributed by atoms with Crippen LogP contribution in [0.4, 0.5) is 0 Å². The van der Waals surface area contributed by atoms with Gasteiger partial charge >= 0.3 is 11.9 Å². The Hall–Kier alpha value is -1.88. The second-order valence-corrected chi connectivity index (χ2v) is 11.4. The van der Waals surface area contributed by atoms with Gasteiger partial charge in [-0.15, -0.1) is 0 Å². The molecule has 0 saturated heterocycles. The van der Waals surface area contributed by atoms with Crippen LogP contribution >= 0.6 is 0 Å². The van der Waals surface area contributed by atoms with Crippen molar-refractivity contribution in [2.45, 2.75) is 156 Å². The molecule has 5 heteroatoms. The van der Waals surface area contributed by atoms with Gasteiger partial charge in [0.15, 0.2) is 0 Å². The van der Waals surface area contributed by atoms with Crippen LogP contribution in [0.25, 0.3) is 0 Å². The first-order valence-corrected chi connectivity index (χ1v) is 17.0. The lowest BCUT2D eigenvalue weighted by Crippen LogP contribution is -2.23. The van der Waals surface area contributed by atoms with Gasteiger partial charge in [-0.2, -0.15) is 0 Å². The number of carbonyl (C=O) groups excluding carboxylic acids is 2. The molecule has 0 aromatic rings. The smallest absolute Gasteiger partial charge is 0.330 e. The summed E-state index contributed by atoms with van der Waals surface area (Å²) in [4.78, 5) is 24.5. The summed E-state index contributed by atoms with van der Waals surface area (Å²) in [6, 6.07) is 0. The van der Waals surface area contributed by atoms with Crippen LogP contribution in [0.2, 0.25) is 0 Å². The van der Waals surface area contributed by atoms with Crippen molar-refractivity contribution in [3.8, 4) is 0 Å². The third-order valence-electron chi connectivity index (χ3n) is 7.31. The molecule has 238 valence electrons. The summed E-state index contributed by atoms with van der Waals surface area (Å²) >= 11 is 0. The molecular weight excluding hydrogens is 512 g/mol. The van der Waals surface area contributed by atoms with E-state index in [1.54, 1.807) is 6.08 Å². The Bertz CT molecular complexity index is 694. The third kappa shape index (κ3) is 28.0. The monoisotopic (exact) mass is 576 g/mol. The Labute approximate surface area is 253 Å². The van der Waals surface area contributed by atoms with E-state index in [0.717, 1.165) is 69.8 Å². The number of aliphatic hydroxyl groups excluding tert-OH is 1. The highest BCUT2D eigenvalue weighted by Crippen LogP contribution is 2.17. The summed E-state index contributed by atoms with van der Waals surface area (Å²) in [6.07, 6.45) is 33.8. The number of ether oxygens (including phenoxy) is 2. The summed E-state index contributed by atoms with van der Waals surface area (Å²) in [6.45, 7) is 6.54. The first-order chi connectivity index (χ1) is 20.1. The molecule has 0 saturated carbocycles. The Balaban J connectivity index is 3.99. The SMILES string of the molecule is CCCCC/C=C\C/C=C\CCCCCCCC(=O)OCC(CO)COC(=O)/C=C(\CCCC)CCCCCCC. The summed E-state index contributed by atoms with van der Waals surface area (Å²) in [5.41, 5.74) is 1.15. The number of rotatable bonds is 29. The van der Waals surface area contributed by atoms with E-state index in [1.165, 1.54) is 64.2 Å². The van der Waals surface area contributed by atoms with Crippen LogP contribution in [0.5, 0.6) is 0 Å².